The molecule has 3 atom stereocenters. The number of hydrogen-bond acceptors (Lipinski definition) is 3. The third kappa shape index (κ3) is 2.51. The van der Waals surface area contributed by atoms with E-state index >= 15 is 0 Å². The van der Waals surface area contributed by atoms with Crippen LogP contribution in [0, 0.1) is 0 Å². The molecule has 1 aliphatic heterocycles. The first-order valence-electron chi connectivity index (χ1n) is 8.15. The summed E-state index contributed by atoms with van der Waals surface area (Å²) in [6, 6.07) is 17.2. The summed E-state index contributed by atoms with van der Waals surface area (Å²) in [5, 5.41) is 3.66. The molecule has 0 fully saturated rings. The minimum absolute atomic E-state index is 0.0102. The van der Waals surface area contributed by atoms with Gasteiger partial charge in [0, 0.05) is 6.04 Å². The number of nitrogens with two attached hydrogens (primary N) is 1. The SMILES string of the molecule is NC1Cc2ccccc2OC1NC1CCCc2ccccc21. The van der Waals surface area contributed by atoms with E-state index in [9.17, 15) is 0 Å². The maximum absolute atomic E-state index is 6.34. The number of rotatable bonds is 2. The van der Waals surface area contributed by atoms with Crippen LogP contribution in [0.25, 0.3) is 0 Å². The van der Waals surface area contributed by atoms with Gasteiger partial charge in [-0.15, -0.1) is 0 Å². The second-order valence-electron chi connectivity index (χ2n) is 6.32. The van der Waals surface area contributed by atoms with Crippen LogP contribution in [0.2, 0.25) is 0 Å². The molecule has 22 heavy (non-hydrogen) atoms. The van der Waals surface area contributed by atoms with Crippen LogP contribution in [-0.2, 0) is 12.8 Å². The average molecular weight is 294 g/mol. The van der Waals surface area contributed by atoms with E-state index in [1.807, 2.05) is 18.2 Å². The van der Waals surface area contributed by atoms with Crippen molar-refractivity contribution in [2.75, 3.05) is 0 Å². The van der Waals surface area contributed by atoms with Crippen molar-refractivity contribution in [1.82, 2.24) is 5.32 Å². The number of para-hydroxylation sites is 1. The number of benzene rings is 2. The Labute approximate surface area is 131 Å². The van der Waals surface area contributed by atoms with Crippen molar-refractivity contribution in [3.63, 3.8) is 0 Å². The molecule has 0 saturated heterocycles. The molecule has 3 N–H and O–H groups in total. The van der Waals surface area contributed by atoms with Crippen LogP contribution in [0.5, 0.6) is 5.75 Å². The van der Waals surface area contributed by atoms with Gasteiger partial charge in [0.1, 0.15) is 5.75 Å². The number of ether oxygens (including phenoxy) is 1. The molecule has 1 aliphatic carbocycles. The van der Waals surface area contributed by atoms with E-state index in [4.69, 9.17) is 10.5 Å². The second kappa shape index (κ2) is 5.75. The fourth-order valence-electron chi connectivity index (χ4n) is 3.66. The summed E-state index contributed by atoms with van der Waals surface area (Å²) in [6.07, 6.45) is 4.28. The fourth-order valence-corrected chi connectivity index (χ4v) is 3.66. The van der Waals surface area contributed by atoms with E-state index < -0.39 is 0 Å². The van der Waals surface area contributed by atoms with Gasteiger partial charge >= 0.3 is 0 Å². The van der Waals surface area contributed by atoms with Gasteiger partial charge < -0.3 is 10.5 Å². The lowest BCUT2D eigenvalue weighted by atomic mass is 9.87. The summed E-state index contributed by atoms with van der Waals surface area (Å²) in [5.41, 5.74) is 10.4. The highest BCUT2D eigenvalue weighted by atomic mass is 16.5. The topological polar surface area (TPSA) is 47.3 Å². The zero-order valence-electron chi connectivity index (χ0n) is 12.7. The van der Waals surface area contributed by atoms with Crippen LogP contribution in [0.1, 0.15) is 35.6 Å². The minimum Gasteiger partial charge on any atom is -0.473 e. The van der Waals surface area contributed by atoms with E-state index in [-0.39, 0.29) is 12.3 Å². The monoisotopic (exact) mass is 294 g/mol. The van der Waals surface area contributed by atoms with Gasteiger partial charge in [0.2, 0.25) is 0 Å². The van der Waals surface area contributed by atoms with Crippen molar-refractivity contribution < 1.29 is 4.74 Å². The third-order valence-corrected chi connectivity index (χ3v) is 4.81. The van der Waals surface area contributed by atoms with Crippen molar-refractivity contribution in [3.8, 4) is 5.75 Å². The number of hydrogen-bond donors (Lipinski definition) is 2. The Kier molecular flexibility index (Phi) is 3.60. The Morgan fingerprint density at radius 2 is 1.77 bits per heavy atom. The largest absolute Gasteiger partial charge is 0.473 e. The molecule has 0 bridgehead atoms. The van der Waals surface area contributed by atoms with Crippen LogP contribution in [0.3, 0.4) is 0 Å². The molecular weight excluding hydrogens is 272 g/mol. The van der Waals surface area contributed by atoms with Gasteiger partial charge in [-0.2, -0.15) is 0 Å². The Hall–Kier alpha value is -1.84. The Morgan fingerprint density at radius 1 is 1.00 bits per heavy atom. The highest BCUT2D eigenvalue weighted by Gasteiger charge is 2.30. The van der Waals surface area contributed by atoms with E-state index in [1.54, 1.807) is 0 Å². The predicted octanol–water partition coefficient (Wildman–Crippen LogP) is 2.94. The smallest absolute Gasteiger partial charge is 0.166 e. The summed E-state index contributed by atoms with van der Waals surface area (Å²) in [7, 11) is 0. The van der Waals surface area contributed by atoms with E-state index in [2.05, 4.69) is 35.6 Å². The molecule has 0 aromatic heterocycles. The highest BCUT2D eigenvalue weighted by molar-refractivity contribution is 5.37. The Balaban J connectivity index is 1.55. The minimum atomic E-state index is -0.119. The molecule has 2 aliphatic rings. The first-order valence-corrected chi connectivity index (χ1v) is 8.15. The van der Waals surface area contributed by atoms with Gasteiger partial charge in [-0.1, -0.05) is 42.5 Å². The van der Waals surface area contributed by atoms with Crippen molar-refractivity contribution in [2.45, 2.75) is 44.0 Å². The number of fused-ring (bicyclic) bond motifs is 2. The van der Waals surface area contributed by atoms with Crippen LogP contribution in [0.15, 0.2) is 48.5 Å². The molecular formula is C19H22N2O. The van der Waals surface area contributed by atoms with E-state index in [0.717, 1.165) is 18.6 Å². The molecule has 1 heterocycles. The van der Waals surface area contributed by atoms with Gasteiger partial charge in [-0.3, -0.25) is 5.32 Å². The molecule has 0 amide bonds. The van der Waals surface area contributed by atoms with Crippen molar-refractivity contribution in [1.29, 1.82) is 0 Å². The lowest BCUT2D eigenvalue weighted by Gasteiger charge is -2.36. The van der Waals surface area contributed by atoms with Crippen molar-refractivity contribution in [2.24, 2.45) is 5.73 Å². The average Bonchev–Trinajstić information content (AvgIpc) is 2.56. The molecule has 0 spiro atoms. The zero-order chi connectivity index (χ0) is 14.9. The maximum Gasteiger partial charge on any atom is 0.166 e. The first kappa shape index (κ1) is 13.8. The standard InChI is InChI=1S/C19H22N2O/c20-16-12-14-7-2-4-11-18(14)22-19(16)21-17-10-5-8-13-6-1-3-9-15(13)17/h1-4,6-7,9,11,16-17,19,21H,5,8,10,12,20H2. The number of nitrogens with one attached hydrogen (secondary N) is 1. The van der Waals surface area contributed by atoms with Crippen molar-refractivity contribution in [3.05, 3.63) is 65.2 Å². The molecule has 3 unspecified atom stereocenters. The van der Waals surface area contributed by atoms with Gasteiger partial charge in [0.05, 0.1) is 6.04 Å². The molecule has 2 aromatic carbocycles. The molecule has 4 rings (SSSR count). The lowest BCUT2D eigenvalue weighted by Crippen LogP contribution is -2.53. The highest BCUT2D eigenvalue weighted by Crippen LogP contribution is 2.32. The Morgan fingerprint density at radius 3 is 2.68 bits per heavy atom. The van der Waals surface area contributed by atoms with Crippen LogP contribution in [-0.4, -0.2) is 12.3 Å². The van der Waals surface area contributed by atoms with Crippen LogP contribution in [0.4, 0.5) is 0 Å². The number of aryl methyl sites for hydroxylation is 1. The first-order chi connectivity index (χ1) is 10.8. The van der Waals surface area contributed by atoms with Gasteiger partial charge in [-0.05, 0) is 48.4 Å². The molecule has 114 valence electrons. The fraction of sp³-hybridized carbons (Fsp3) is 0.368. The van der Waals surface area contributed by atoms with Crippen LogP contribution >= 0.6 is 0 Å². The summed E-state index contributed by atoms with van der Waals surface area (Å²) in [6.45, 7) is 0. The summed E-state index contributed by atoms with van der Waals surface area (Å²) >= 11 is 0. The van der Waals surface area contributed by atoms with Gasteiger partial charge in [0.25, 0.3) is 0 Å². The second-order valence-corrected chi connectivity index (χ2v) is 6.32. The Bertz CT molecular complexity index is 670. The normalized spacial score (nSPS) is 26.7. The van der Waals surface area contributed by atoms with E-state index in [0.29, 0.717) is 6.04 Å². The molecule has 2 aromatic rings. The molecule has 0 saturated carbocycles. The third-order valence-electron chi connectivity index (χ3n) is 4.81. The predicted molar refractivity (Wildman–Crippen MR) is 87.8 cm³/mol. The van der Waals surface area contributed by atoms with E-state index in [1.165, 1.54) is 29.5 Å². The molecule has 3 heteroatoms. The van der Waals surface area contributed by atoms with Gasteiger partial charge in [-0.25, -0.2) is 0 Å². The quantitative estimate of drug-likeness (QED) is 0.895. The van der Waals surface area contributed by atoms with Crippen molar-refractivity contribution >= 4 is 0 Å². The summed E-state index contributed by atoms with van der Waals surface area (Å²) in [4.78, 5) is 0. The maximum atomic E-state index is 6.34. The van der Waals surface area contributed by atoms with Crippen LogP contribution < -0.4 is 15.8 Å². The summed E-state index contributed by atoms with van der Waals surface area (Å²) < 4.78 is 6.13. The summed E-state index contributed by atoms with van der Waals surface area (Å²) in [5.74, 6) is 0.964. The van der Waals surface area contributed by atoms with Gasteiger partial charge in [0.15, 0.2) is 6.23 Å². The lowest BCUT2D eigenvalue weighted by molar-refractivity contribution is 0.101. The zero-order valence-corrected chi connectivity index (χ0v) is 12.7. The molecule has 3 nitrogen and oxygen atoms in total. The molecule has 0 radical (unpaired) electrons.